The molecule has 1 unspecified atom stereocenters. The van der Waals surface area contributed by atoms with Gasteiger partial charge in [-0.3, -0.25) is 9.59 Å². The van der Waals surface area contributed by atoms with E-state index in [0.29, 0.717) is 6.61 Å². The Balaban J connectivity index is 1.67. The molecule has 0 spiro atoms. The second kappa shape index (κ2) is 9.21. The molecule has 1 aliphatic rings. The highest BCUT2D eigenvalue weighted by Gasteiger charge is 2.42. The summed E-state index contributed by atoms with van der Waals surface area (Å²) in [5.74, 6) is 0.376. The van der Waals surface area contributed by atoms with Crippen LogP contribution in [0.4, 0.5) is 0 Å². The first-order valence-corrected chi connectivity index (χ1v) is 11.4. The van der Waals surface area contributed by atoms with Gasteiger partial charge in [0.05, 0.1) is 12.1 Å². The van der Waals surface area contributed by atoms with Gasteiger partial charge in [-0.05, 0) is 70.4 Å². The van der Waals surface area contributed by atoms with Crippen molar-refractivity contribution in [2.24, 2.45) is 0 Å². The average Bonchev–Trinajstić information content (AvgIpc) is 3.52. The number of nitrogens with one attached hydrogen (secondary N) is 1. The van der Waals surface area contributed by atoms with Crippen LogP contribution in [-0.4, -0.2) is 49.9 Å². The molecule has 0 saturated heterocycles. The molecule has 1 saturated carbocycles. The van der Waals surface area contributed by atoms with Crippen LogP contribution in [0.25, 0.3) is 11.0 Å². The van der Waals surface area contributed by atoms with E-state index in [-0.39, 0.29) is 24.4 Å². The molecule has 2 aromatic carbocycles. The van der Waals surface area contributed by atoms with Crippen molar-refractivity contribution in [3.05, 3.63) is 54.1 Å². The molecule has 2 amide bonds. The summed E-state index contributed by atoms with van der Waals surface area (Å²) in [5.41, 5.74) is 1.85. The van der Waals surface area contributed by atoms with Gasteiger partial charge in [0.25, 0.3) is 0 Å². The molecule has 1 fully saturated rings. The minimum absolute atomic E-state index is 0.0212. The van der Waals surface area contributed by atoms with Crippen molar-refractivity contribution in [3.63, 3.8) is 0 Å². The fourth-order valence-electron chi connectivity index (χ4n) is 3.94. The number of fused-ring (bicyclic) bond motifs is 1. The lowest BCUT2D eigenvalue weighted by molar-refractivity contribution is -0.142. The van der Waals surface area contributed by atoms with Crippen LogP contribution in [0.2, 0.25) is 0 Å². The van der Waals surface area contributed by atoms with Gasteiger partial charge >= 0.3 is 0 Å². The fourth-order valence-corrected chi connectivity index (χ4v) is 3.94. The molecule has 1 heterocycles. The van der Waals surface area contributed by atoms with Gasteiger partial charge in [0, 0.05) is 11.6 Å². The molecule has 1 aliphatic carbocycles. The summed E-state index contributed by atoms with van der Waals surface area (Å²) >= 11 is 0. The Bertz CT molecular complexity index is 1130. The molecule has 8 nitrogen and oxygen atoms in total. The third-order valence-corrected chi connectivity index (χ3v) is 5.47. The largest absolute Gasteiger partial charge is 0.494 e. The van der Waals surface area contributed by atoms with Gasteiger partial charge in [-0.1, -0.05) is 29.5 Å². The molecule has 174 valence electrons. The number of carbonyl (C=O) groups excluding carboxylic acids is 2. The number of rotatable bonds is 8. The van der Waals surface area contributed by atoms with Gasteiger partial charge < -0.3 is 15.0 Å². The van der Waals surface area contributed by atoms with Crippen molar-refractivity contribution in [3.8, 4) is 5.75 Å². The zero-order valence-corrected chi connectivity index (χ0v) is 19.6. The van der Waals surface area contributed by atoms with E-state index in [1.165, 1.54) is 0 Å². The van der Waals surface area contributed by atoms with Crippen LogP contribution in [0.5, 0.6) is 5.75 Å². The summed E-state index contributed by atoms with van der Waals surface area (Å²) in [4.78, 5) is 28.8. The second-order valence-corrected chi connectivity index (χ2v) is 9.41. The number of hydrogen-bond donors (Lipinski definition) is 1. The monoisotopic (exact) mass is 449 g/mol. The Labute approximate surface area is 193 Å². The van der Waals surface area contributed by atoms with Crippen molar-refractivity contribution in [2.45, 2.75) is 64.7 Å². The summed E-state index contributed by atoms with van der Waals surface area (Å²) in [6.07, 6.45) is 1.75. The Morgan fingerprint density at radius 3 is 2.48 bits per heavy atom. The van der Waals surface area contributed by atoms with Crippen LogP contribution in [0.1, 0.15) is 52.1 Å². The molecule has 1 atom stereocenters. The summed E-state index contributed by atoms with van der Waals surface area (Å²) < 4.78 is 7.16. The van der Waals surface area contributed by atoms with Gasteiger partial charge in [-0.25, -0.2) is 4.68 Å². The Kier molecular flexibility index (Phi) is 6.35. The highest BCUT2D eigenvalue weighted by molar-refractivity contribution is 5.90. The highest BCUT2D eigenvalue weighted by atomic mass is 16.5. The molecule has 0 bridgehead atoms. The number of nitrogens with zero attached hydrogens (tertiary/aromatic N) is 4. The maximum absolute atomic E-state index is 13.6. The van der Waals surface area contributed by atoms with Gasteiger partial charge in [-0.2, -0.15) is 0 Å². The third kappa shape index (κ3) is 5.32. The maximum Gasteiger partial charge on any atom is 0.247 e. The van der Waals surface area contributed by atoms with E-state index in [2.05, 4.69) is 15.6 Å². The quantitative estimate of drug-likeness (QED) is 0.569. The summed E-state index contributed by atoms with van der Waals surface area (Å²) in [7, 11) is 0. The third-order valence-electron chi connectivity index (χ3n) is 5.47. The Hall–Kier alpha value is -3.42. The van der Waals surface area contributed by atoms with Gasteiger partial charge in [-0.15, -0.1) is 5.10 Å². The van der Waals surface area contributed by atoms with Crippen LogP contribution >= 0.6 is 0 Å². The SMILES string of the molecule is CCOc1ccc(C(C(=O)NC(C)(C)C)N(C(=O)Cn2nnc3ccccc32)C2CC2)cc1. The molecule has 0 aliphatic heterocycles. The predicted molar refractivity (Wildman–Crippen MR) is 126 cm³/mol. The molecule has 1 N–H and O–H groups in total. The van der Waals surface area contributed by atoms with E-state index in [1.807, 2.05) is 76.2 Å². The Morgan fingerprint density at radius 2 is 1.85 bits per heavy atom. The van der Waals surface area contributed by atoms with E-state index in [9.17, 15) is 9.59 Å². The molecular formula is C25H31N5O3. The van der Waals surface area contributed by atoms with Crippen LogP contribution < -0.4 is 10.1 Å². The highest BCUT2D eigenvalue weighted by Crippen LogP contribution is 2.36. The van der Waals surface area contributed by atoms with Gasteiger partial charge in [0.15, 0.2) is 0 Å². The summed E-state index contributed by atoms with van der Waals surface area (Å²) in [5, 5.41) is 11.4. The van der Waals surface area contributed by atoms with Crippen molar-refractivity contribution >= 4 is 22.8 Å². The van der Waals surface area contributed by atoms with Gasteiger partial charge in [0.2, 0.25) is 11.8 Å². The van der Waals surface area contributed by atoms with Crippen molar-refractivity contribution in [1.82, 2.24) is 25.2 Å². The van der Waals surface area contributed by atoms with E-state index < -0.39 is 11.6 Å². The van der Waals surface area contributed by atoms with E-state index in [1.54, 1.807) is 9.58 Å². The van der Waals surface area contributed by atoms with Crippen LogP contribution in [0.15, 0.2) is 48.5 Å². The van der Waals surface area contributed by atoms with Crippen LogP contribution in [0, 0.1) is 0 Å². The summed E-state index contributed by atoms with van der Waals surface area (Å²) in [6.45, 7) is 8.31. The fraction of sp³-hybridized carbons (Fsp3) is 0.440. The summed E-state index contributed by atoms with van der Waals surface area (Å²) in [6, 6.07) is 14.2. The van der Waals surface area contributed by atoms with Crippen molar-refractivity contribution in [2.75, 3.05) is 6.61 Å². The predicted octanol–water partition coefficient (Wildman–Crippen LogP) is 3.48. The normalized spacial score (nSPS) is 14.7. The number of carbonyl (C=O) groups is 2. The number of hydrogen-bond acceptors (Lipinski definition) is 5. The number of ether oxygens (including phenoxy) is 1. The maximum atomic E-state index is 13.6. The minimum Gasteiger partial charge on any atom is -0.494 e. The number of benzene rings is 2. The molecule has 8 heteroatoms. The number of aromatic nitrogens is 3. The lowest BCUT2D eigenvalue weighted by Gasteiger charge is -2.34. The zero-order valence-electron chi connectivity index (χ0n) is 19.6. The number of para-hydroxylation sites is 1. The smallest absolute Gasteiger partial charge is 0.247 e. The zero-order chi connectivity index (χ0) is 23.6. The average molecular weight is 450 g/mol. The van der Waals surface area contributed by atoms with E-state index in [0.717, 1.165) is 35.2 Å². The minimum atomic E-state index is -0.741. The molecule has 0 radical (unpaired) electrons. The van der Waals surface area contributed by atoms with Crippen LogP contribution in [0.3, 0.4) is 0 Å². The first-order valence-electron chi connectivity index (χ1n) is 11.4. The lowest BCUT2D eigenvalue weighted by Crippen LogP contribution is -2.50. The molecule has 33 heavy (non-hydrogen) atoms. The first-order chi connectivity index (χ1) is 15.8. The molecular weight excluding hydrogens is 418 g/mol. The first kappa shape index (κ1) is 22.8. The topological polar surface area (TPSA) is 89.4 Å². The molecule has 3 aromatic rings. The molecule has 1 aromatic heterocycles. The van der Waals surface area contributed by atoms with Crippen molar-refractivity contribution < 1.29 is 14.3 Å². The van der Waals surface area contributed by atoms with Crippen molar-refractivity contribution in [1.29, 1.82) is 0 Å². The van der Waals surface area contributed by atoms with E-state index in [4.69, 9.17) is 4.74 Å². The van der Waals surface area contributed by atoms with Crippen LogP contribution in [-0.2, 0) is 16.1 Å². The second-order valence-electron chi connectivity index (χ2n) is 9.41. The Morgan fingerprint density at radius 1 is 1.15 bits per heavy atom. The van der Waals surface area contributed by atoms with Gasteiger partial charge in [0.1, 0.15) is 23.9 Å². The lowest BCUT2D eigenvalue weighted by atomic mass is 10.0. The standard InChI is InChI=1S/C25H31N5O3/c1-5-33-19-14-10-17(11-15-19)23(24(32)26-25(2,3)4)30(18-12-13-18)22(31)16-29-21-9-7-6-8-20(21)27-28-29/h6-11,14-15,18,23H,5,12-13,16H2,1-4H3,(H,26,32). The molecule has 4 rings (SSSR count). The number of amides is 2. The van der Waals surface area contributed by atoms with E-state index >= 15 is 0 Å².